The minimum Gasteiger partial charge on any atom is -0.271 e. The number of hydrogen-bond acceptors (Lipinski definition) is 2. The molecule has 112 valence electrons. The number of aryl methyl sites for hydroxylation is 1. The van der Waals surface area contributed by atoms with Crippen molar-refractivity contribution in [1.82, 2.24) is 5.43 Å². The van der Waals surface area contributed by atoms with Crippen LogP contribution in [0.1, 0.15) is 33.9 Å². The van der Waals surface area contributed by atoms with Crippen molar-refractivity contribution in [1.29, 1.82) is 0 Å². The number of nitrogens with one attached hydrogen (secondary N) is 1. The summed E-state index contributed by atoms with van der Waals surface area (Å²) in [5, 5.41) is 0. The van der Waals surface area contributed by atoms with Crippen LogP contribution in [0.25, 0.3) is 0 Å². The smallest absolute Gasteiger partial charge is 0.271 e. The van der Waals surface area contributed by atoms with Crippen LogP contribution in [0.2, 0.25) is 0 Å². The maximum atomic E-state index is 12.8. The molecule has 0 saturated carbocycles. The third kappa shape index (κ3) is 3.25. The van der Waals surface area contributed by atoms with Gasteiger partial charge in [-0.05, 0) is 48.2 Å². The molecule has 1 atom stereocenters. The normalized spacial score (nSPS) is 13.2. The summed E-state index contributed by atoms with van der Waals surface area (Å²) in [6, 6.07) is 10.4. The Labute approximate surface area is 121 Å². The Bertz CT molecular complexity index is 636. The monoisotopic (exact) mass is 294 g/mol. The van der Waals surface area contributed by atoms with E-state index in [9.17, 15) is 13.2 Å². The van der Waals surface area contributed by atoms with Crippen LogP contribution in [0.5, 0.6) is 0 Å². The van der Waals surface area contributed by atoms with Gasteiger partial charge in [0.25, 0.3) is 0 Å². The number of rotatable bonds is 3. The summed E-state index contributed by atoms with van der Waals surface area (Å²) >= 11 is 0. The van der Waals surface area contributed by atoms with Gasteiger partial charge >= 0.3 is 6.18 Å². The second-order valence-corrected chi connectivity index (χ2v) is 5.01. The van der Waals surface area contributed by atoms with Gasteiger partial charge < -0.3 is 0 Å². The van der Waals surface area contributed by atoms with E-state index >= 15 is 0 Å². The SMILES string of the molecule is Cc1cccc(C(NN)c2cccc(C(F)(F)F)c2)c1C. The van der Waals surface area contributed by atoms with Crippen LogP contribution in [0, 0.1) is 13.8 Å². The molecule has 0 bridgehead atoms. The zero-order valence-electron chi connectivity index (χ0n) is 11.8. The molecule has 2 aromatic rings. The van der Waals surface area contributed by atoms with Crippen LogP contribution >= 0.6 is 0 Å². The number of nitrogens with two attached hydrogens (primary N) is 1. The third-order valence-electron chi connectivity index (χ3n) is 3.67. The number of benzene rings is 2. The van der Waals surface area contributed by atoms with E-state index in [0.717, 1.165) is 28.8 Å². The van der Waals surface area contributed by atoms with Crippen molar-refractivity contribution in [3.63, 3.8) is 0 Å². The molecular weight excluding hydrogens is 277 g/mol. The Balaban J connectivity index is 2.49. The van der Waals surface area contributed by atoms with Crippen molar-refractivity contribution in [3.8, 4) is 0 Å². The number of hydrazine groups is 1. The lowest BCUT2D eigenvalue weighted by Gasteiger charge is -2.21. The molecule has 0 spiro atoms. The Kier molecular flexibility index (Phi) is 4.34. The molecule has 2 nitrogen and oxygen atoms in total. The van der Waals surface area contributed by atoms with Crippen LogP contribution < -0.4 is 11.3 Å². The van der Waals surface area contributed by atoms with Gasteiger partial charge in [0.05, 0.1) is 11.6 Å². The quantitative estimate of drug-likeness (QED) is 0.666. The van der Waals surface area contributed by atoms with Gasteiger partial charge in [-0.3, -0.25) is 5.84 Å². The van der Waals surface area contributed by atoms with Crippen LogP contribution in [0.15, 0.2) is 42.5 Å². The van der Waals surface area contributed by atoms with Crippen LogP contribution in [-0.4, -0.2) is 0 Å². The fourth-order valence-corrected chi connectivity index (χ4v) is 2.35. The van der Waals surface area contributed by atoms with E-state index in [4.69, 9.17) is 5.84 Å². The molecule has 0 aliphatic rings. The second-order valence-electron chi connectivity index (χ2n) is 5.01. The lowest BCUT2D eigenvalue weighted by atomic mass is 9.92. The largest absolute Gasteiger partial charge is 0.416 e. The summed E-state index contributed by atoms with van der Waals surface area (Å²) in [5.74, 6) is 5.58. The minimum absolute atomic E-state index is 0.479. The van der Waals surface area contributed by atoms with E-state index in [2.05, 4.69) is 5.43 Å². The third-order valence-corrected chi connectivity index (χ3v) is 3.67. The summed E-state index contributed by atoms with van der Waals surface area (Å²) in [7, 11) is 0. The molecule has 0 radical (unpaired) electrons. The molecule has 2 rings (SSSR count). The zero-order chi connectivity index (χ0) is 15.6. The molecule has 0 amide bonds. The highest BCUT2D eigenvalue weighted by Crippen LogP contribution is 2.32. The Morgan fingerprint density at radius 1 is 1.05 bits per heavy atom. The van der Waals surface area contributed by atoms with Gasteiger partial charge in [-0.1, -0.05) is 30.3 Å². The van der Waals surface area contributed by atoms with Crippen molar-refractivity contribution < 1.29 is 13.2 Å². The molecule has 5 heteroatoms. The fourth-order valence-electron chi connectivity index (χ4n) is 2.35. The van der Waals surface area contributed by atoms with E-state index < -0.39 is 17.8 Å². The fraction of sp³-hybridized carbons (Fsp3) is 0.250. The van der Waals surface area contributed by atoms with E-state index in [1.54, 1.807) is 6.07 Å². The molecule has 0 aliphatic heterocycles. The molecule has 3 N–H and O–H groups in total. The second kappa shape index (κ2) is 5.87. The Morgan fingerprint density at radius 2 is 1.71 bits per heavy atom. The first-order chi connectivity index (χ1) is 9.84. The summed E-state index contributed by atoms with van der Waals surface area (Å²) < 4.78 is 38.5. The molecule has 0 heterocycles. The maximum Gasteiger partial charge on any atom is 0.416 e. The van der Waals surface area contributed by atoms with Gasteiger partial charge in [0.1, 0.15) is 0 Å². The summed E-state index contributed by atoms with van der Waals surface area (Å²) in [5.41, 5.74) is 5.38. The zero-order valence-corrected chi connectivity index (χ0v) is 11.8. The molecule has 2 aromatic carbocycles. The molecule has 0 aromatic heterocycles. The predicted octanol–water partition coefficient (Wildman–Crippen LogP) is 3.87. The molecular formula is C16H17F3N2. The number of alkyl halides is 3. The number of hydrogen-bond donors (Lipinski definition) is 2. The number of halogens is 3. The van der Waals surface area contributed by atoms with Gasteiger partial charge in [-0.25, -0.2) is 5.43 Å². The predicted molar refractivity (Wildman–Crippen MR) is 76.5 cm³/mol. The molecule has 0 aliphatic carbocycles. The molecule has 0 fully saturated rings. The van der Waals surface area contributed by atoms with Crippen molar-refractivity contribution in [3.05, 3.63) is 70.3 Å². The summed E-state index contributed by atoms with van der Waals surface area (Å²) in [4.78, 5) is 0. The minimum atomic E-state index is -4.36. The van der Waals surface area contributed by atoms with Crippen LogP contribution in [0.3, 0.4) is 0 Å². The molecule has 0 saturated heterocycles. The van der Waals surface area contributed by atoms with E-state index in [0.29, 0.717) is 5.56 Å². The highest BCUT2D eigenvalue weighted by atomic mass is 19.4. The van der Waals surface area contributed by atoms with Gasteiger partial charge in [0.15, 0.2) is 0 Å². The van der Waals surface area contributed by atoms with Gasteiger partial charge in [0.2, 0.25) is 0 Å². The summed E-state index contributed by atoms with van der Waals surface area (Å²) in [6.45, 7) is 3.89. The first-order valence-corrected chi connectivity index (χ1v) is 6.54. The van der Waals surface area contributed by atoms with Crippen LogP contribution in [-0.2, 0) is 6.18 Å². The Hall–Kier alpha value is -1.85. The average molecular weight is 294 g/mol. The van der Waals surface area contributed by atoms with Crippen molar-refractivity contribution in [2.45, 2.75) is 26.1 Å². The highest BCUT2D eigenvalue weighted by Gasteiger charge is 2.31. The van der Waals surface area contributed by atoms with Crippen molar-refractivity contribution in [2.24, 2.45) is 5.84 Å². The maximum absolute atomic E-state index is 12.8. The standard InChI is InChI=1S/C16H17F3N2/c1-10-5-3-8-14(11(10)2)15(21-20)12-6-4-7-13(9-12)16(17,18)19/h3-9,15,21H,20H2,1-2H3. The van der Waals surface area contributed by atoms with E-state index in [1.165, 1.54) is 6.07 Å². The van der Waals surface area contributed by atoms with Gasteiger partial charge in [-0.15, -0.1) is 0 Å². The molecule has 21 heavy (non-hydrogen) atoms. The van der Waals surface area contributed by atoms with Crippen molar-refractivity contribution in [2.75, 3.05) is 0 Å². The first-order valence-electron chi connectivity index (χ1n) is 6.54. The lowest BCUT2D eigenvalue weighted by Crippen LogP contribution is -2.29. The van der Waals surface area contributed by atoms with Crippen molar-refractivity contribution >= 4 is 0 Å². The average Bonchev–Trinajstić information content (AvgIpc) is 2.44. The summed E-state index contributed by atoms with van der Waals surface area (Å²) in [6.07, 6.45) is -4.36. The van der Waals surface area contributed by atoms with E-state index in [-0.39, 0.29) is 0 Å². The van der Waals surface area contributed by atoms with Gasteiger partial charge in [-0.2, -0.15) is 13.2 Å². The highest BCUT2D eigenvalue weighted by molar-refractivity contribution is 5.41. The first kappa shape index (κ1) is 15.5. The van der Waals surface area contributed by atoms with Gasteiger partial charge in [0, 0.05) is 0 Å². The lowest BCUT2D eigenvalue weighted by molar-refractivity contribution is -0.137. The topological polar surface area (TPSA) is 38.0 Å². The van der Waals surface area contributed by atoms with E-state index in [1.807, 2.05) is 32.0 Å². The molecule has 1 unspecified atom stereocenters. The Morgan fingerprint density at radius 3 is 2.33 bits per heavy atom. The van der Waals surface area contributed by atoms with Crippen LogP contribution in [0.4, 0.5) is 13.2 Å².